The number of rotatable bonds is 0. The molecule has 0 spiro atoms. The van der Waals surface area contributed by atoms with Gasteiger partial charge in [0.2, 0.25) is 5.28 Å². The summed E-state index contributed by atoms with van der Waals surface area (Å²) in [6, 6.07) is 4.06. The van der Waals surface area contributed by atoms with Gasteiger partial charge in [-0.15, -0.1) is 0 Å². The summed E-state index contributed by atoms with van der Waals surface area (Å²) in [7, 11) is 3.33. The van der Waals surface area contributed by atoms with E-state index in [1.54, 1.807) is 25.1 Å². The van der Waals surface area contributed by atoms with Crippen LogP contribution in [0, 0.1) is 5.82 Å². The molecule has 3 rings (SSSR count). The smallest absolute Gasteiger partial charge is 0.260 e. The van der Waals surface area contributed by atoms with Crippen LogP contribution < -0.4 is 9.80 Å². The van der Waals surface area contributed by atoms with E-state index in [2.05, 4.69) is 9.97 Å². The third kappa shape index (κ3) is 1.80. The summed E-state index contributed by atoms with van der Waals surface area (Å²) in [5, 5.41) is 0.0852. The summed E-state index contributed by atoms with van der Waals surface area (Å²) in [5.41, 5.74) is 1.35. The molecule has 20 heavy (non-hydrogen) atoms. The van der Waals surface area contributed by atoms with Crippen molar-refractivity contribution in [1.29, 1.82) is 0 Å². The van der Waals surface area contributed by atoms with Gasteiger partial charge in [-0.3, -0.25) is 4.79 Å². The van der Waals surface area contributed by atoms with Crippen molar-refractivity contribution in [2.75, 3.05) is 23.9 Å². The zero-order chi connectivity index (χ0) is 14.4. The standard InChI is InChI=1S/C13H10ClFN4O/c1-18-9-4-3-7(15)5-8(9)12(20)19(2)10-6-16-13(14)17-11(10)18/h3-6H,1-2H3. The van der Waals surface area contributed by atoms with Crippen LogP contribution in [0.4, 0.5) is 21.6 Å². The number of halogens is 2. The molecule has 1 aliphatic rings. The van der Waals surface area contributed by atoms with Crippen molar-refractivity contribution < 1.29 is 9.18 Å². The Balaban J connectivity index is 2.31. The Kier molecular flexibility index (Phi) is 2.83. The van der Waals surface area contributed by atoms with Crippen LogP contribution in [0.25, 0.3) is 0 Å². The molecule has 0 saturated carbocycles. The van der Waals surface area contributed by atoms with Crippen LogP contribution in [0.2, 0.25) is 5.28 Å². The van der Waals surface area contributed by atoms with Crippen LogP contribution in [-0.2, 0) is 0 Å². The minimum atomic E-state index is -0.464. The van der Waals surface area contributed by atoms with E-state index in [9.17, 15) is 9.18 Å². The highest BCUT2D eigenvalue weighted by Gasteiger charge is 2.29. The summed E-state index contributed by atoms with van der Waals surface area (Å²) < 4.78 is 13.4. The first-order chi connectivity index (χ1) is 9.49. The van der Waals surface area contributed by atoms with E-state index in [1.165, 1.54) is 23.2 Å². The Morgan fingerprint density at radius 1 is 1.20 bits per heavy atom. The van der Waals surface area contributed by atoms with Gasteiger partial charge < -0.3 is 9.80 Å². The second kappa shape index (κ2) is 4.42. The summed E-state index contributed by atoms with van der Waals surface area (Å²) in [6.07, 6.45) is 1.47. The first kappa shape index (κ1) is 12.8. The van der Waals surface area contributed by atoms with Crippen LogP contribution in [0.1, 0.15) is 10.4 Å². The van der Waals surface area contributed by atoms with Crippen molar-refractivity contribution in [3.63, 3.8) is 0 Å². The molecule has 0 N–H and O–H groups in total. The van der Waals surface area contributed by atoms with Gasteiger partial charge in [0.1, 0.15) is 11.5 Å². The minimum Gasteiger partial charge on any atom is -0.327 e. The van der Waals surface area contributed by atoms with Crippen LogP contribution >= 0.6 is 11.6 Å². The van der Waals surface area contributed by atoms with E-state index in [4.69, 9.17) is 11.6 Å². The second-order valence-electron chi connectivity index (χ2n) is 4.43. The lowest BCUT2D eigenvalue weighted by molar-refractivity contribution is 0.0994. The molecular formula is C13H10ClFN4O. The van der Waals surface area contributed by atoms with Gasteiger partial charge in [0.15, 0.2) is 5.82 Å². The summed E-state index contributed by atoms with van der Waals surface area (Å²) in [4.78, 5) is 23.5. The maximum atomic E-state index is 13.4. The lowest BCUT2D eigenvalue weighted by Gasteiger charge is -2.20. The molecule has 1 aromatic heterocycles. The van der Waals surface area contributed by atoms with E-state index in [1.807, 2.05) is 0 Å². The average molecular weight is 293 g/mol. The first-order valence-electron chi connectivity index (χ1n) is 5.83. The minimum absolute atomic E-state index is 0.0852. The van der Waals surface area contributed by atoms with Crippen LogP contribution in [-0.4, -0.2) is 30.0 Å². The highest BCUT2D eigenvalue weighted by atomic mass is 35.5. The van der Waals surface area contributed by atoms with Crippen molar-refractivity contribution in [1.82, 2.24) is 9.97 Å². The van der Waals surface area contributed by atoms with Gasteiger partial charge in [-0.05, 0) is 29.8 Å². The fourth-order valence-electron chi connectivity index (χ4n) is 2.21. The number of nitrogens with zero attached hydrogens (tertiary/aromatic N) is 4. The normalized spacial score (nSPS) is 13.9. The Bertz CT molecular complexity index is 722. The van der Waals surface area contributed by atoms with Crippen molar-refractivity contribution in [2.24, 2.45) is 0 Å². The summed E-state index contributed by atoms with van der Waals surface area (Å²) in [6.45, 7) is 0. The quantitative estimate of drug-likeness (QED) is 0.700. The molecule has 0 unspecified atom stereocenters. The second-order valence-corrected chi connectivity index (χ2v) is 4.77. The molecule has 0 aliphatic carbocycles. The average Bonchev–Trinajstić information content (AvgIpc) is 2.50. The summed E-state index contributed by atoms with van der Waals surface area (Å²) in [5.74, 6) is -0.295. The van der Waals surface area contributed by atoms with Crippen LogP contribution in [0.3, 0.4) is 0 Å². The van der Waals surface area contributed by atoms with E-state index in [-0.39, 0.29) is 16.8 Å². The number of hydrogen-bond donors (Lipinski definition) is 0. The molecule has 2 aromatic rings. The van der Waals surface area contributed by atoms with Gasteiger partial charge >= 0.3 is 0 Å². The van der Waals surface area contributed by atoms with Gasteiger partial charge in [-0.2, -0.15) is 4.98 Å². The molecule has 0 atom stereocenters. The van der Waals surface area contributed by atoms with E-state index < -0.39 is 5.82 Å². The number of hydrogen-bond acceptors (Lipinski definition) is 4. The fraction of sp³-hybridized carbons (Fsp3) is 0.154. The summed E-state index contributed by atoms with van der Waals surface area (Å²) >= 11 is 5.82. The molecule has 7 heteroatoms. The number of anilines is 3. The maximum Gasteiger partial charge on any atom is 0.260 e. The lowest BCUT2D eigenvalue weighted by Crippen LogP contribution is -2.25. The zero-order valence-corrected chi connectivity index (χ0v) is 11.5. The number of carbonyl (C=O) groups excluding carboxylic acids is 1. The predicted octanol–water partition coefficient (Wildman–Crippen LogP) is 2.63. The lowest BCUT2D eigenvalue weighted by atomic mass is 10.1. The maximum absolute atomic E-state index is 13.4. The first-order valence-corrected chi connectivity index (χ1v) is 6.20. The molecule has 0 radical (unpaired) electrons. The predicted molar refractivity (Wildman–Crippen MR) is 74.2 cm³/mol. The van der Waals surface area contributed by atoms with E-state index in [0.717, 1.165) is 0 Å². The molecular weight excluding hydrogens is 283 g/mol. The Hall–Kier alpha value is -2.21. The zero-order valence-electron chi connectivity index (χ0n) is 10.8. The van der Waals surface area contributed by atoms with Crippen LogP contribution in [0.15, 0.2) is 24.4 Å². The largest absolute Gasteiger partial charge is 0.327 e. The van der Waals surface area contributed by atoms with Crippen molar-refractivity contribution in [2.45, 2.75) is 0 Å². The monoisotopic (exact) mass is 292 g/mol. The molecule has 2 heterocycles. The molecule has 0 fully saturated rings. The topological polar surface area (TPSA) is 49.3 Å². The molecule has 1 aromatic carbocycles. The van der Waals surface area contributed by atoms with Gasteiger partial charge in [-0.1, -0.05) is 0 Å². The SMILES string of the molecule is CN1C(=O)c2cc(F)ccc2N(C)c2nc(Cl)ncc21. The van der Waals surface area contributed by atoms with Crippen molar-refractivity contribution in [3.8, 4) is 0 Å². The number of amides is 1. The molecule has 5 nitrogen and oxygen atoms in total. The van der Waals surface area contributed by atoms with Crippen molar-refractivity contribution in [3.05, 3.63) is 41.1 Å². The third-order valence-electron chi connectivity index (χ3n) is 3.25. The number of fused-ring (bicyclic) bond motifs is 2. The number of benzene rings is 1. The van der Waals surface area contributed by atoms with Gasteiger partial charge in [0.25, 0.3) is 5.91 Å². The van der Waals surface area contributed by atoms with Gasteiger partial charge in [-0.25, -0.2) is 9.37 Å². The molecule has 0 bridgehead atoms. The van der Waals surface area contributed by atoms with Crippen molar-refractivity contribution >= 4 is 34.7 Å². The highest BCUT2D eigenvalue weighted by molar-refractivity contribution is 6.28. The Morgan fingerprint density at radius 3 is 2.70 bits per heavy atom. The Morgan fingerprint density at radius 2 is 1.95 bits per heavy atom. The van der Waals surface area contributed by atoms with Gasteiger partial charge in [0.05, 0.1) is 17.4 Å². The van der Waals surface area contributed by atoms with Crippen LogP contribution in [0.5, 0.6) is 0 Å². The van der Waals surface area contributed by atoms with E-state index >= 15 is 0 Å². The Labute approximate surface area is 119 Å². The number of carbonyl (C=O) groups is 1. The fourth-order valence-corrected chi connectivity index (χ4v) is 2.33. The molecule has 1 aliphatic heterocycles. The highest BCUT2D eigenvalue weighted by Crippen LogP contribution is 2.37. The molecule has 0 saturated heterocycles. The molecule has 1 amide bonds. The van der Waals surface area contributed by atoms with E-state index in [0.29, 0.717) is 17.2 Å². The van der Waals surface area contributed by atoms with Gasteiger partial charge in [0, 0.05) is 14.1 Å². The third-order valence-corrected chi connectivity index (χ3v) is 3.44. The number of aromatic nitrogens is 2. The molecule has 102 valence electrons.